The van der Waals surface area contributed by atoms with Crippen molar-refractivity contribution in [3.63, 3.8) is 0 Å². The molecule has 6 nitrogen and oxygen atoms in total. The first-order chi connectivity index (χ1) is 10.7. The summed E-state index contributed by atoms with van der Waals surface area (Å²) in [5.41, 5.74) is 4.81. The number of hydrogen-bond acceptors (Lipinski definition) is 4. The van der Waals surface area contributed by atoms with Gasteiger partial charge in [-0.25, -0.2) is 0 Å². The van der Waals surface area contributed by atoms with E-state index in [0.717, 1.165) is 55.1 Å². The number of nitrogens with one attached hydrogen (secondary N) is 2. The summed E-state index contributed by atoms with van der Waals surface area (Å²) in [5.74, 6) is -0.125. The topological polar surface area (TPSA) is 73.9 Å². The Kier molecular flexibility index (Phi) is 4.20. The molecule has 1 aliphatic heterocycles. The van der Waals surface area contributed by atoms with E-state index in [4.69, 9.17) is 0 Å². The average Bonchev–Trinajstić information content (AvgIpc) is 2.95. The highest BCUT2D eigenvalue weighted by Gasteiger charge is 2.24. The van der Waals surface area contributed by atoms with Crippen molar-refractivity contribution in [1.82, 2.24) is 25.4 Å². The Morgan fingerprint density at radius 2 is 2.32 bits per heavy atom. The van der Waals surface area contributed by atoms with Gasteiger partial charge in [0.05, 0.1) is 0 Å². The average molecular weight is 299 g/mol. The van der Waals surface area contributed by atoms with E-state index in [-0.39, 0.29) is 5.91 Å². The first-order valence-electron chi connectivity index (χ1n) is 7.60. The van der Waals surface area contributed by atoms with Crippen LogP contribution in [0.4, 0.5) is 0 Å². The maximum atomic E-state index is 11.8. The summed E-state index contributed by atoms with van der Waals surface area (Å²) in [6.07, 6.45) is 1.82. The van der Waals surface area contributed by atoms with Crippen LogP contribution in [0.3, 0.4) is 0 Å². The zero-order valence-corrected chi connectivity index (χ0v) is 13.0. The fourth-order valence-electron chi connectivity index (χ4n) is 2.86. The van der Waals surface area contributed by atoms with Crippen molar-refractivity contribution in [2.45, 2.75) is 26.3 Å². The normalized spacial score (nSPS) is 14.6. The molecule has 0 aromatic carbocycles. The predicted octanol–water partition coefficient (Wildman–Crippen LogP) is 1.07. The quantitative estimate of drug-likeness (QED) is 0.886. The number of hydrogen-bond donors (Lipinski definition) is 2. The molecule has 3 rings (SSSR count). The smallest absolute Gasteiger partial charge is 0.271 e. The summed E-state index contributed by atoms with van der Waals surface area (Å²) < 4.78 is 0. The first-order valence-corrected chi connectivity index (χ1v) is 7.60. The van der Waals surface area contributed by atoms with E-state index in [1.807, 2.05) is 19.1 Å². The molecule has 116 valence electrons. The largest absolute Gasteiger partial charge is 0.354 e. The Morgan fingerprint density at radius 3 is 3.09 bits per heavy atom. The van der Waals surface area contributed by atoms with Crippen molar-refractivity contribution in [3.8, 4) is 0 Å². The summed E-state index contributed by atoms with van der Waals surface area (Å²) in [6, 6.07) is 6.12. The molecule has 1 aliphatic rings. The second kappa shape index (κ2) is 6.27. The van der Waals surface area contributed by atoms with Gasteiger partial charge in [0.25, 0.3) is 5.91 Å². The van der Waals surface area contributed by atoms with Gasteiger partial charge in [0.15, 0.2) is 5.69 Å². The molecule has 6 heteroatoms. The maximum absolute atomic E-state index is 11.8. The number of aryl methyl sites for hydroxylation is 1. The Morgan fingerprint density at radius 1 is 1.45 bits per heavy atom. The minimum atomic E-state index is -0.125. The maximum Gasteiger partial charge on any atom is 0.271 e. The summed E-state index contributed by atoms with van der Waals surface area (Å²) in [7, 11) is 1.63. The number of rotatable bonds is 4. The van der Waals surface area contributed by atoms with E-state index in [1.54, 1.807) is 7.05 Å². The molecule has 2 aromatic rings. The predicted molar refractivity (Wildman–Crippen MR) is 83.6 cm³/mol. The lowest BCUT2D eigenvalue weighted by Crippen LogP contribution is -2.33. The molecule has 0 atom stereocenters. The van der Waals surface area contributed by atoms with E-state index in [0.29, 0.717) is 5.69 Å². The van der Waals surface area contributed by atoms with Crippen molar-refractivity contribution in [2.75, 3.05) is 20.1 Å². The van der Waals surface area contributed by atoms with E-state index < -0.39 is 0 Å². The van der Waals surface area contributed by atoms with E-state index in [9.17, 15) is 4.79 Å². The van der Waals surface area contributed by atoms with Crippen LogP contribution in [0.2, 0.25) is 0 Å². The monoisotopic (exact) mass is 299 g/mol. The standard InChI is InChI=1S/C16H21N5O/c1-11-4-3-5-12(18-11)6-8-21-9-7-14-13(10-21)15(20-19-14)16(22)17-2/h3-5H,6-10H2,1-2H3,(H,17,22)(H,19,20). The summed E-state index contributed by atoms with van der Waals surface area (Å²) in [5, 5.41) is 9.80. The van der Waals surface area contributed by atoms with Gasteiger partial charge in [-0.3, -0.25) is 19.8 Å². The van der Waals surface area contributed by atoms with Crippen LogP contribution in [0.5, 0.6) is 0 Å². The van der Waals surface area contributed by atoms with Crippen LogP contribution in [0, 0.1) is 6.92 Å². The Bertz CT molecular complexity index is 679. The number of H-pyrrole nitrogens is 1. The van der Waals surface area contributed by atoms with Crippen LogP contribution in [0.1, 0.15) is 33.1 Å². The first kappa shape index (κ1) is 14.7. The Hall–Kier alpha value is -2.21. The van der Waals surface area contributed by atoms with Crippen molar-refractivity contribution < 1.29 is 4.79 Å². The van der Waals surface area contributed by atoms with Crippen molar-refractivity contribution in [3.05, 3.63) is 46.5 Å². The zero-order chi connectivity index (χ0) is 15.5. The third-order valence-electron chi connectivity index (χ3n) is 4.08. The van der Waals surface area contributed by atoms with Gasteiger partial charge in [-0.05, 0) is 19.1 Å². The van der Waals surface area contributed by atoms with Crippen LogP contribution < -0.4 is 5.32 Å². The zero-order valence-electron chi connectivity index (χ0n) is 13.0. The van der Waals surface area contributed by atoms with Crippen LogP contribution in [-0.4, -0.2) is 46.1 Å². The van der Waals surface area contributed by atoms with E-state index in [1.165, 1.54) is 0 Å². The number of fused-ring (bicyclic) bond motifs is 1. The summed E-state index contributed by atoms with van der Waals surface area (Å²) in [6.45, 7) is 4.70. The molecule has 0 spiro atoms. The number of pyridine rings is 1. The van der Waals surface area contributed by atoms with Crippen LogP contribution in [0.15, 0.2) is 18.2 Å². The number of aromatic amines is 1. The molecular weight excluding hydrogens is 278 g/mol. The lowest BCUT2D eigenvalue weighted by Gasteiger charge is -2.26. The molecule has 1 amide bonds. The van der Waals surface area contributed by atoms with Crippen molar-refractivity contribution in [2.24, 2.45) is 0 Å². The van der Waals surface area contributed by atoms with Gasteiger partial charge in [0.2, 0.25) is 0 Å². The highest BCUT2D eigenvalue weighted by atomic mass is 16.1. The van der Waals surface area contributed by atoms with Crippen molar-refractivity contribution >= 4 is 5.91 Å². The summed E-state index contributed by atoms with van der Waals surface area (Å²) in [4.78, 5) is 18.7. The number of carbonyl (C=O) groups is 1. The fourth-order valence-corrected chi connectivity index (χ4v) is 2.86. The molecule has 3 heterocycles. The highest BCUT2D eigenvalue weighted by Crippen LogP contribution is 2.20. The fraction of sp³-hybridized carbons (Fsp3) is 0.438. The lowest BCUT2D eigenvalue weighted by atomic mass is 10.0. The lowest BCUT2D eigenvalue weighted by molar-refractivity contribution is 0.0955. The summed E-state index contributed by atoms with van der Waals surface area (Å²) >= 11 is 0. The molecule has 0 radical (unpaired) electrons. The minimum Gasteiger partial charge on any atom is -0.354 e. The molecule has 0 saturated carbocycles. The molecular formula is C16H21N5O. The molecule has 0 unspecified atom stereocenters. The van der Waals surface area contributed by atoms with Gasteiger partial charge in [-0.1, -0.05) is 6.07 Å². The second-order valence-electron chi connectivity index (χ2n) is 5.65. The second-order valence-corrected chi connectivity index (χ2v) is 5.65. The molecule has 0 saturated heterocycles. The van der Waals surface area contributed by atoms with Gasteiger partial charge in [0.1, 0.15) is 0 Å². The van der Waals surface area contributed by atoms with E-state index in [2.05, 4.69) is 31.5 Å². The third kappa shape index (κ3) is 3.01. The van der Waals surface area contributed by atoms with Crippen molar-refractivity contribution in [1.29, 1.82) is 0 Å². The molecule has 2 aromatic heterocycles. The number of carbonyl (C=O) groups excluding carboxylic acids is 1. The number of amides is 1. The minimum absolute atomic E-state index is 0.125. The van der Waals surface area contributed by atoms with Crippen LogP contribution >= 0.6 is 0 Å². The molecule has 0 bridgehead atoms. The van der Waals surface area contributed by atoms with Gasteiger partial charge < -0.3 is 5.32 Å². The van der Waals surface area contributed by atoms with Crippen LogP contribution in [0.25, 0.3) is 0 Å². The molecule has 2 N–H and O–H groups in total. The number of nitrogens with zero attached hydrogens (tertiary/aromatic N) is 3. The van der Waals surface area contributed by atoms with Gasteiger partial charge >= 0.3 is 0 Å². The van der Waals surface area contributed by atoms with Gasteiger partial charge in [-0.15, -0.1) is 0 Å². The Balaban J connectivity index is 1.66. The van der Waals surface area contributed by atoms with Gasteiger partial charge in [-0.2, -0.15) is 5.10 Å². The Labute approximate surface area is 129 Å². The SMILES string of the molecule is CNC(=O)c1n[nH]c2c1CN(CCc1cccc(C)n1)CC2. The van der Waals surface area contributed by atoms with E-state index >= 15 is 0 Å². The number of aromatic nitrogens is 3. The molecule has 0 fully saturated rings. The van der Waals surface area contributed by atoms with Crippen LogP contribution in [-0.2, 0) is 19.4 Å². The highest BCUT2D eigenvalue weighted by molar-refractivity contribution is 5.93. The third-order valence-corrected chi connectivity index (χ3v) is 4.08. The molecule has 22 heavy (non-hydrogen) atoms. The molecule has 0 aliphatic carbocycles. The van der Waals surface area contributed by atoms with Gasteiger partial charge in [0, 0.05) is 62.2 Å².